The first kappa shape index (κ1) is 13.1. The van der Waals surface area contributed by atoms with Gasteiger partial charge in [-0.05, 0) is 31.4 Å². The Balaban J connectivity index is 1.56. The maximum absolute atomic E-state index is 9.68. The lowest BCUT2D eigenvalue weighted by Gasteiger charge is -2.37. The molecule has 2 unspecified atom stereocenters. The highest BCUT2D eigenvalue weighted by molar-refractivity contribution is 5.14. The minimum absolute atomic E-state index is 0.0931. The zero-order valence-electron chi connectivity index (χ0n) is 11.5. The summed E-state index contributed by atoms with van der Waals surface area (Å²) in [4.78, 5) is 5.05. The largest absolute Gasteiger partial charge is 0.392 e. The van der Waals surface area contributed by atoms with E-state index in [0.29, 0.717) is 6.04 Å². The van der Waals surface area contributed by atoms with Crippen LogP contribution in [-0.4, -0.2) is 53.2 Å². The van der Waals surface area contributed by atoms with E-state index in [1.54, 1.807) is 0 Å². The van der Waals surface area contributed by atoms with Gasteiger partial charge >= 0.3 is 0 Å². The molecule has 2 aliphatic heterocycles. The lowest BCUT2D eigenvalue weighted by molar-refractivity contribution is 0.0957. The van der Waals surface area contributed by atoms with Crippen LogP contribution in [0.3, 0.4) is 0 Å². The minimum atomic E-state index is -0.0931. The molecule has 3 rings (SSSR count). The Morgan fingerprint density at radius 1 is 1.05 bits per heavy atom. The molecule has 2 aliphatic rings. The van der Waals surface area contributed by atoms with E-state index in [1.807, 2.05) is 0 Å². The monoisotopic (exact) mass is 260 g/mol. The molecule has 19 heavy (non-hydrogen) atoms. The standard InChI is InChI=1S/C16H24N2O/c19-16-8-10-18(13-16)15-7-4-9-17(12-15)11-14-5-2-1-3-6-14/h1-3,5-6,15-16,19H,4,7-13H2. The predicted octanol–water partition coefficient (Wildman–Crippen LogP) is 1.72. The molecule has 3 heteroatoms. The van der Waals surface area contributed by atoms with Gasteiger partial charge in [-0.2, -0.15) is 0 Å². The van der Waals surface area contributed by atoms with Gasteiger partial charge in [-0.3, -0.25) is 9.80 Å². The number of β-amino-alcohol motifs (C(OH)–C–C–N with tert-alkyl or cyclic N) is 1. The Kier molecular flexibility index (Phi) is 4.16. The number of aliphatic hydroxyl groups is 1. The zero-order chi connectivity index (χ0) is 13.1. The SMILES string of the molecule is OC1CCN(C2CCCN(Cc3ccccc3)C2)C1. The van der Waals surface area contributed by atoms with Gasteiger partial charge < -0.3 is 5.11 Å². The second kappa shape index (κ2) is 6.04. The summed E-state index contributed by atoms with van der Waals surface area (Å²) in [5, 5.41) is 9.68. The van der Waals surface area contributed by atoms with Crippen molar-refractivity contribution in [2.75, 3.05) is 26.2 Å². The lowest BCUT2D eigenvalue weighted by Crippen LogP contribution is -2.47. The molecule has 2 atom stereocenters. The number of hydrogen-bond donors (Lipinski definition) is 1. The van der Waals surface area contributed by atoms with Crippen LogP contribution in [0.25, 0.3) is 0 Å². The van der Waals surface area contributed by atoms with Gasteiger partial charge in [0, 0.05) is 32.2 Å². The second-order valence-corrected chi connectivity index (χ2v) is 5.95. The first-order valence-electron chi connectivity index (χ1n) is 7.49. The molecule has 2 saturated heterocycles. The van der Waals surface area contributed by atoms with E-state index in [2.05, 4.69) is 40.1 Å². The average Bonchev–Trinajstić information content (AvgIpc) is 2.87. The lowest BCUT2D eigenvalue weighted by atomic mass is 10.0. The summed E-state index contributed by atoms with van der Waals surface area (Å²) in [6.07, 6.45) is 3.43. The fourth-order valence-electron chi connectivity index (χ4n) is 3.41. The van der Waals surface area contributed by atoms with Crippen LogP contribution in [0.5, 0.6) is 0 Å². The molecule has 0 aromatic heterocycles. The molecule has 2 heterocycles. The summed E-state index contributed by atoms with van der Waals surface area (Å²) in [5.74, 6) is 0. The van der Waals surface area contributed by atoms with Crippen LogP contribution in [-0.2, 0) is 6.54 Å². The Hall–Kier alpha value is -0.900. The van der Waals surface area contributed by atoms with Crippen molar-refractivity contribution in [3.05, 3.63) is 35.9 Å². The van der Waals surface area contributed by atoms with Crippen LogP contribution in [0.4, 0.5) is 0 Å². The third kappa shape index (κ3) is 3.35. The van der Waals surface area contributed by atoms with Crippen molar-refractivity contribution < 1.29 is 5.11 Å². The number of nitrogens with zero attached hydrogens (tertiary/aromatic N) is 2. The number of rotatable bonds is 3. The zero-order valence-corrected chi connectivity index (χ0v) is 11.5. The number of piperidine rings is 1. The maximum atomic E-state index is 9.68. The summed E-state index contributed by atoms with van der Waals surface area (Å²) >= 11 is 0. The van der Waals surface area contributed by atoms with Gasteiger partial charge in [-0.15, -0.1) is 0 Å². The van der Waals surface area contributed by atoms with E-state index in [9.17, 15) is 5.11 Å². The van der Waals surface area contributed by atoms with E-state index in [-0.39, 0.29) is 6.10 Å². The third-order valence-corrected chi connectivity index (χ3v) is 4.44. The molecule has 0 radical (unpaired) electrons. The number of likely N-dealkylation sites (tertiary alicyclic amines) is 2. The van der Waals surface area contributed by atoms with E-state index in [0.717, 1.165) is 32.6 Å². The molecule has 1 aromatic rings. The van der Waals surface area contributed by atoms with E-state index in [1.165, 1.54) is 24.9 Å². The van der Waals surface area contributed by atoms with Crippen molar-refractivity contribution in [3.63, 3.8) is 0 Å². The van der Waals surface area contributed by atoms with Crippen LogP contribution in [0, 0.1) is 0 Å². The highest BCUT2D eigenvalue weighted by Gasteiger charge is 2.30. The van der Waals surface area contributed by atoms with Crippen molar-refractivity contribution >= 4 is 0 Å². The van der Waals surface area contributed by atoms with E-state index < -0.39 is 0 Å². The van der Waals surface area contributed by atoms with Gasteiger partial charge in [0.2, 0.25) is 0 Å². The number of benzene rings is 1. The Labute approximate surface area is 115 Å². The van der Waals surface area contributed by atoms with Gasteiger partial charge in [-0.1, -0.05) is 30.3 Å². The third-order valence-electron chi connectivity index (χ3n) is 4.44. The van der Waals surface area contributed by atoms with Crippen molar-refractivity contribution in [1.29, 1.82) is 0 Å². The van der Waals surface area contributed by atoms with Gasteiger partial charge in [0.15, 0.2) is 0 Å². The van der Waals surface area contributed by atoms with E-state index in [4.69, 9.17) is 0 Å². The molecule has 3 nitrogen and oxygen atoms in total. The Bertz CT molecular complexity index is 395. The molecule has 1 N–H and O–H groups in total. The van der Waals surface area contributed by atoms with Crippen LogP contribution >= 0.6 is 0 Å². The van der Waals surface area contributed by atoms with E-state index >= 15 is 0 Å². The summed E-state index contributed by atoms with van der Waals surface area (Å²) < 4.78 is 0. The molecular formula is C16H24N2O. The normalized spacial score (nSPS) is 29.7. The first-order valence-corrected chi connectivity index (χ1v) is 7.49. The van der Waals surface area contributed by atoms with Crippen LogP contribution in [0.15, 0.2) is 30.3 Å². The number of hydrogen-bond acceptors (Lipinski definition) is 3. The Morgan fingerprint density at radius 2 is 1.89 bits per heavy atom. The van der Waals surface area contributed by atoms with Gasteiger partial charge in [-0.25, -0.2) is 0 Å². The summed E-state index contributed by atoms with van der Waals surface area (Å²) in [6, 6.07) is 11.4. The van der Waals surface area contributed by atoms with Gasteiger partial charge in [0.25, 0.3) is 0 Å². The summed E-state index contributed by atoms with van der Waals surface area (Å²) in [6.45, 7) is 5.38. The molecular weight excluding hydrogens is 236 g/mol. The molecule has 0 spiro atoms. The molecule has 2 fully saturated rings. The highest BCUT2D eigenvalue weighted by atomic mass is 16.3. The topological polar surface area (TPSA) is 26.7 Å². The van der Waals surface area contributed by atoms with Crippen LogP contribution < -0.4 is 0 Å². The molecule has 0 amide bonds. The molecule has 104 valence electrons. The maximum Gasteiger partial charge on any atom is 0.0679 e. The molecule has 0 aliphatic carbocycles. The molecule has 0 bridgehead atoms. The highest BCUT2D eigenvalue weighted by Crippen LogP contribution is 2.21. The average molecular weight is 260 g/mol. The quantitative estimate of drug-likeness (QED) is 0.896. The van der Waals surface area contributed by atoms with Crippen molar-refractivity contribution in [1.82, 2.24) is 9.80 Å². The number of aliphatic hydroxyl groups excluding tert-OH is 1. The molecule has 1 aromatic carbocycles. The van der Waals surface area contributed by atoms with Crippen LogP contribution in [0.2, 0.25) is 0 Å². The van der Waals surface area contributed by atoms with Crippen molar-refractivity contribution in [2.45, 2.75) is 38.0 Å². The fourth-order valence-corrected chi connectivity index (χ4v) is 3.41. The first-order chi connectivity index (χ1) is 9.31. The summed E-state index contributed by atoms with van der Waals surface area (Å²) in [7, 11) is 0. The minimum Gasteiger partial charge on any atom is -0.392 e. The Morgan fingerprint density at radius 3 is 2.63 bits per heavy atom. The molecule has 0 saturated carbocycles. The van der Waals surface area contributed by atoms with Gasteiger partial charge in [0.1, 0.15) is 0 Å². The van der Waals surface area contributed by atoms with Crippen molar-refractivity contribution in [2.24, 2.45) is 0 Å². The van der Waals surface area contributed by atoms with Crippen molar-refractivity contribution in [3.8, 4) is 0 Å². The predicted molar refractivity (Wildman–Crippen MR) is 76.9 cm³/mol. The summed E-state index contributed by atoms with van der Waals surface area (Å²) in [5.41, 5.74) is 1.41. The smallest absolute Gasteiger partial charge is 0.0679 e. The fraction of sp³-hybridized carbons (Fsp3) is 0.625. The van der Waals surface area contributed by atoms with Gasteiger partial charge in [0.05, 0.1) is 6.10 Å². The second-order valence-electron chi connectivity index (χ2n) is 5.95. The van der Waals surface area contributed by atoms with Crippen LogP contribution in [0.1, 0.15) is 24.8 Å².